The highest BCUT2D eigenvalue weighted by atomic mass is 32.2. The Balaban J connectivity index is 1.98. The van der Waals surface area contributed by atoms with E-state index < -0.39 is 10.0 Å². The lowest BCUT2D eigenvalue weighted by Gasteiger charge is -2.28. The van der Waals surface area contributed by atoms with Crippen molar-refractivity contribution >= 4 is 15.9 Å². The minimum absolute atomic E-state index is 0.0125. The molecule has 1 aromatic heterocycles. The zero-order valence-electron chi connectivity index (χ0n) is 15.4. The second-order valence-electron chi connectivity index (χ2n) is 6.82. The van der Waals surface area contributed by atoms with E-state index in [4.69, 9.17) is 0 Å². The number of sulfonamides is 1. The SMILES string of the molecule is Cc1c(C(=O)NC(C)C)nnn1-c1cccc2c1CCN(S(C)(=O)=O)C2. The maximum Gasteiger partial charge on any atom is 0.273 e. The summed E-state index contributed by atoms with van der Waals surface area (Å²) < 4.78 is 26.8. The quantitative estimate of drug-likeness (QED) is 0.858. The Bertz CT molecular complexity index is 949. The molecule has 1 aliphatic rings. The van der Waals surface area contributed by atoms with Crippen LogP contribution in [-0.2, 0) is 23.0 Å². The fraction of sp³-hybridized carbons (Fsp3) is 0.471. The number of hydrogen-bond acceptors (Lipinski definition) is 5. The van der Waals surface area contributed by atoms with Crippen molar-refractivity contribution in [2.24, 2.45) is 0 Å². The minimum atomic E-state index is -3.23. The van der Waals surface area contributed by atoms with Crippen LogP contribution in [0.3, 0.4) is 0 Å². The molecule has 2 aromatic rings. The maximum atomic E-state index is 12.3. The zero-order chi connectivity index (χ0) is 19.1. The molecule has 1 N–H and O–H groups in total. The minimum Gasteiger partial charge on any atom is -0.348 e. The van der Waals surface area contributed by atoms with Crippen LogP contribution in [0, 0.1) is 6.92 Å². The van der Waals surface area contributed by atoms with Gasteiger partial charge in [-0.05, 0) is 44.4 Å². The van der Waals surface area contributed by atoms with Crippen LogP contribution in [-0.4, -0.2) is 52.5 Å². The van der Waals surface area contributed by atoms with Gasteiger partial charge in [-0.2, -0.15) is 4.31 Å². The number of benzene rings is 1. The molecule has 0 bridgehead atoms. The molecule has 1 amide bonds. The molecule has 2 heterocycles. The summed E-state index contributed by atoms with van der Waals surface area (Å²) in [6, 6.07) is 5.73. The highest BCUT2D eigenvalue weighted by Crippen LogP contribution is 2.27. The van der Waals surface area contributed by atoms with Gasteiger partial charge in [-0.15, -0.1) is 5.10 Å². The molecule has 9 heteroatoms. The third-order valence-corrected chi connectivity index (χ3v) is 5.68. The average molecular weight is 377 g/mol. The van der Waals surface area contributed by atoms with Crippen LogP contribution in [0.25, 0.3) is 5.69 Å². The number of fused-ring (bicyclic) bond motifs is 1. The van der Waals surface area contributed by atoms with Crippen LogP contribution in [0.2, 0.25) is 0 Å². The second kappa shape index (κ2) is 6.81. The molecule has 26 heavy (non-hydrogen) atoms. The summed E-state index contributed by atoms with van der Waals surface area (Å²) in [5, 5.41) is 11.0. The van der Waals surface area contributed by atoms with Gasteiger partial charge in [-0.1, -0.05) is 17.3 Å². The predicted molar refractivity (Wildman–Crippen MR) is 97.7 cm³/mol. The Morgan fingerprint density at radius 2 is 2.04 bits per heavy atom. The van der Waals surface area contributed by atoms with Gasteiger partial charge in [0, 0.05) is 19.1 Å². The van der Waals surface area contributed by atoms with Gasteiger partial charge in [-0.3, -0.25) is 4.79 Å². The number of nitrogens with zero attached hydrogens (tertiary/aromatic N) is 4. The first kappa shape index (κ1) is 18.5. The number of carbonyl (C=O) groups excluding carboxylic acids is 1. The third-order valence-electron chi connectivity index (χ3n) is 4.43. The average Bonchev–Trinajstić information content (AvgIpc) is 2.94. The van der Waals surface area contributed by atoms with Gasteiger partial charge in [0.05, 0.1) is 17.6 Å². The number of nitrogens with one attached hydrogen (secondary N) is 1. The molecular weight excluding hydrogens is 354 g/mol. The molecule has 0 aliphatic carbocycles. The van der Waals surface area contributed by atoms with Crippen LogP contribution in [0.15, 0.2) is 18.2 Å². The number of amides is 1. The lowest BCUT2D eigenvalue weighted by atomic mass is 9.99. The summed E-state index contributed by atoms with van der Waals surface area (Å²) in [6.07, 6.45) is 1.81. The molecule has 0 spiro atoms. The van der Waals surface area contributed by atoms with E-state index in [2.05, 4.69) is 15.6 Å². The molecule has 3 rings (SSSR count). The van der Waals surface area contributed by atoms with Crippen LogP contribution in [0.5, 0.6) is 0 Å². The summed E-state index contributed by atoms with van der Waals surface area (Å²) in [7, 11) is -3.23. The maximum absolute atomic E-state index is 12.3. The summed E-state index contributed by atoms with van der Waals surface area (Å²) in [5.74, 6) is -0.253. The van der Waals surface area contributed by atoms with Crippen LogP contribution in [0.1, 0.15) is 41.2 Å². The highest BCUT2D eigenvalue weighted by Gasteiger charge is 2.26. The van der Waals surface area contributed by atoms with Gasteiger partial charge < -0.3 is 5.32 Å². The molecule has 1 aromatic carbocycles. The van der Waals surface area contributed by atoms with Crippen LogP contribution >= 0.6 is 0 Å². The normalized spacial score (nSPS) is 15.1. The molecule has 0 fully saturated rings. The molecule has 0 unspecified atom stereocenters. The van der Waals surface area contributed by atoms with Gasteiger partial charge in [-0.25, -0.2) is 13.1 Å². The van der Waals surface area contributed by atoms with Crippen molar-refractivity contribution in [3.05, 3.63) is 40.7 Å². The van der Waals surface area contributed by atoms with E-state index in [1.54, 1.807) is 11.6 Å². The molecule has 8 nitrogen and oxygen atoms in total. The third kappa shape index (κ3) is 3.49. The van der Waals surface area contributed by atoms with Gasteiger partial charge in [0.15, 0.2) is 5.69 Å². The fourth-order valence-electron chi connectivity index (χ4n) is 3.14. The number of rotatable bonds is 4. The Kier molecular flexibility index (Phi) is 4.85. The van der Waals surface area contributed by atoms with Crippen molar-refractivity contribution in [3.63, 3.8) is 0 Å². The second-order valence-corrected chi connectivity index (χ2v) is 8.81. The van der Waals surface area contributed by atoms with E-state index in [0.29, 0.717) is 30.9 Å². The first-order valence-electron chi connectivity index (χ1n) is 8.48. The van der Waals surface area contributed by atoms with Gasteiger partial charge in [0.2, 0.25) is 10.0 Å². The Hall–Kier alpha value is -2.26. The van der Waals surface area contributed by atoms with Crippen molar-refractivity contribution in [2.45, 2.75) is 39.8 Å². The summed E-state index contributed by atoms with van der Waals surface area (Å²) in [4.78, 5) is 12.3. The molecule has 0 radical (unpaired) electrons. The first-order chi connectivity index (χ1) is 12.2. The summed E-state index contributed by atoms with van der Waals surface area (Å²) >= 11 is 0. The van der Waals surface area contributed by atoms with Crippen molar-refractivity contribution in [1.82, 2.24) is 24.6 Å². The molecule has 0 atom stereocenters. The molecule has 0 saturated carbocycles. The van der Waals surface area contributed by atoms with E-state index in [1.165, 1.54) is 10.6 Å². The highest BCUT2D eigenvalue weighted by molar-refractivity contribution is 7.88. The number of aromatic nitrogens is 3. The Morgan fingerprint density at radius 3 is 2.69 bits per heavy atom. The number of hydrogen-bond donors (Lipinski definition) is 1. The van der Waals surface area contributed by atoms with Crippen LogP contribution in [0.4, 0.5) is 0 Å². The topological polar surface area (TPSA) is 97.2 Å². The lowest BCUT2D eigenvalue weighted by Crippen LogP contribution is -2.35. The fourth-order valence-corrected chi connectivity index (χ4v) is 3.94. The van der Waals surface area contributed by atoms with E-state index in [9.17, 15) is 13.2 Å². The van der Waals surface area contributed by atoms with Crippen LogP contribution < -0.4 is 5.32 Å². The monoisotopic (exact) mass is 377 g/mol. The largest absolute Gasteiger partial charge is 0.348 e. The Morgan fingerprint density at radius 1 is 1.31 bits per heavy atom. The van der Waals surface area contributed by atoms with Gasteiger partial charge in [0.25, 0.3) is 5.91 Å². The smallest absolute Gasteiger partial charge is 0.273 e. The van der Waals surface area contributed by atoms with Crippen molar-refractivity contribution in [2.75, 3.05) is 12.8 Å². The van der Waals surface area contributed by atoms with Crippen molar-refractivity contribution < 1.29 is 13.2 Å². The van der Waals surface area contributed by atoms with E-state index in [-0.39, 0.29) is 11.9 Å². The molecule has 140 valence electrons. The van der Waals surface area contributed by atoms with Crippen molar-refractivity contribution in [1.29, 1.82) is 0 Å². The Labute approximate surface area is 153 Å². The zero-order valence-corrected chi connectivity index (χ0v) is 16.2. The summed E-state index contributed by atoms with van der Waals surface area (Å²) in [6.45, 7) is 6.35. The molecular formula is C17H23N5O3S. The van der Waals surface area contributed by atoms with E-state index in [0.717, 1.165) is 16.8 Å². The standard InChI is InChI=1S/C17H23N5O3S/c1-11(2)18-17(23)16-12(3)22(20-19-16)15-7-5-6-13-10-21(26(4,24)25)9-8-14(13)15/h5-7,11H,8-10H2,1-4H3,(H,18,23). The van der Waals surface area contributed by atoms with E-state index >= 15 is 0 Å². The summed E-state index contributed by atoms with van der Waals surface area (Å²) in [5.41, 5.74) is 3.77. The first-order valence-corrected chi connectivity index (χ1v) is 10.3. The molecule has 1 aliphatic heterocycles. The van der Waals surface area contributed by atoms with E-state index in [1.807, 2.05) is 32.0 Å². The predicted octanol–water partition coefficient (Wildman–Crippen LogP) is 1.03. The lowest BCUT2D eigenvalue weighted by molar-refractivity contribution is 0.0937. The van der Waals surface area contributed by atoms with Gasteiger partial charge >= 0.3 is 0 Å². The number of carbonyl (C=O) groups is 1. The molecule has 0 saturated heterocycles. The van der Waals surface area contributed by atoms with Gasteiger partial charge in [0.1, 0.15) is 0 Å². The van der Waals surface area contributed by atoms with Crippen molar-refractivity contribution in [3.8, 4) is 5.69 Å².